The van der Waals surface area contributed by atoms with Crippen molar-refractivity contribution in [2.45, 2.75) is 0 Å². The monoisotopic (exact) mass is 282 g/mol. The number of aromatic amines is 1. The SMILES string of the molecule is O=C(O)c1cc([N+](=O)[O-])c2[nH]c(-c3ccccc3)cc2c1. The van der Waals surface area contributed by atoms with Gasteiger partial charge in [-0.25, -0.2) is 4.79 Å². The lowest BCUT2D eigenvalue weighted by molar-refractivity contribution is -0.383. The molecule has 6 nitrogen and oxygen atoms in total. The van der Waals surface area contributed by atoms with Crippen molar-refractivity contribution in [3.05, 3.63) is 64.2 Å². The van der Waals surface area contributed by atoms with Crippen LogP contribution in [0.3, 0.4) is 0 Å². The topological polar surface area (TPSA) is 96.2 Å². The summed E-state index contributed by atoms with van der Waals surface area (Å²) in [4.78, 5) is 24.6. The third kappa shape index (κ3) is 2.23. The number of benzene rings is 2. The lowest BCUT2D eigenvalue weighted by atomic mass is 10.1. The number of fused-ring (bicyclic) bond motifs is 1. The maximum atomic E-state index is 11.1. The van der Waals surface area contributed by atoms with Crippen molar-refractivity contribution in [1.82, 2.24) is 4.98 Å². The van der Waals surface area contributed by atoms with Gasteiger partial charge in [0.05, 0.1) is 10.5 Å². The molecule has 0 spiro atoms. The second-order valence-corrected chi connectivity index (χ2v) is 4.57. The van der Waals surface area contributed by atoms with Gasteiger partial charge >= 0.3 is 5.97 Å². The number of carboxylic acids is 1. The Bertz CT molecular complexity index is 853. The van der Waals surface area contributed by atoms with E-state index >= 15 is 0 Å². The Balaban J connectivity index is 2.27. The van der Waals surface area contributed by atoms with Crippen molar-refractivity contribution < 1.29 is 14.8 Å². The molecule has 6 heteroatoms. The number of rotatable bonds is 3. The van der Waals surface area contributed by atoms with Crippen molar-refractivity contribution in [2.75, 3.05) is 0 Å². The molecule has 0 aliphatic rings. The van der Waals surface area contributed by atoms with E-state index in [1.165, 1.54) is 6.07 Å². The van der Waals surface area contributed by atoms with Gasteiger partial charge in [0.25, 0.3) is 5.69 Å². The first kappa shape index (κ1) is 12.9. The van der Waals surface area contributed by atoms with E-state index in [4.69, 9.17) is 5.11 Å². The van der Waals surface area contributed by atoms with Gasteiger partial charge in [-0.2, -0.15) is 0 Å². The zero-order chi connectivity index (χ0) is 15.0. The van der Waals surface area contributed by atoms with Gasteiger partial charge in [0, 0.05) is 17.1 Å². The van der Waals surface area contributed by atoms with Crippen molar-refractivity contribution in [1.29, 1.82) is 0 Å². The maximum absolute atomic E-state index is 11.1. The van der Waals surface area contributed by atoms with E-state index in [2.05, 4.69) is 4.98 Å². The molecule has 1 heterocycles. The maximum Gasteiger partial charge on any atom is 0.335 e. The molecule has 0 atom stereocenters. The average Bonchev–Trinajstić information content (AvgIpc) is 2.90. The molecule has 0 amide bonds. The second kappa shape index (κ2) is 4.75. The molecule has 2 N–H and O–H groups in total. The van der Waals surface area contributed by atoms with Crippen LogP contribution in [0.15, 0.2) is 48.5 Å². The van der Waals surface area contributed by atoms with Crippen molar-refractivity contribution in [3.8, 4) is 11.3 Å². The minimum absolute atomic E-state index is 0.104. The van der Waals surface area contributed by atoms with E-state index in [0.717, 1.165) is 11.6 Å². The van der Waals surface area contributed by atoms with Crippen LogP contribution in [0.25, 0.3) is 22.2 Å². The number of carboxylic acid groups (broad SMARTS) is 1. The quantitative estimate of drug-likeness (QED) is 0.568. The number of nitrogens with zero attached hydrogens (tertiary/aromatic N) is 1. The van der Waals surface area contributed by atoms with Crippen LogP contribution in [0.1, 0.15) is 10.4 Å². The first-order chi connectivity index (χ1) is 10.1. The highest BCUT2D eigenvalue weighted by molar-refractivity contribution is 5.99. The summed E-state index contributed by atoms with van der Waals surface area (Å²) < 4.78 is 0. The lowest BCUT2D eigenvalue weighted by Gasteiger charge is -1.97. The summed E-state index contributed by atoms with van der Waals surface area (Å²) in [5.41, 5.74) is 1.56. The highest BCUT2D eigenvalue weighted by atomic mass is 16.6. The Kier molecular flexibility index (Phi) is 2.91. The number of nitrogens with one attached hydrogen (secondary N) is 1. The van der Waals surface area contributed by atoms with E-state index in [0.29, 0.717) is 16.6 Å². The first-order valence-electron chi connectivity index (χ1n) is 6.16. The molecular weight excluding hydrogens is 272 g/mol. The summed E-state index contributed by atoms with van der Waals surface area (Å²) in [6, 6.07) is 13.5. The van der Waals surface area contributed by atoms with E-state index in [-0.39, 0.29) is 11.3 Å². The number of aromatic carboxylic acids is 1. The van der Waals surface area contributed by atoms with Crippen LogP contribution in [0, 0.1) is 10.1 Å². The molecule has 0 unspecified atom stereocenters. The molecule has 104 valence electrons. The molecule has 3 rings (SSSR count). The third-order valence-corrected chi connectivity index (χ3v) is 3.24. The minimum atomic E-state index is -1.19. The number of hydrogen-bond donors (Lipinski definition) is 2. The Morgan fingerprint density at radius 2 is 1.86 bits per heavy atom. The molecule has 0 radical (unpaired) electrons. The summed E-state index contributed by atoms with van der Waals surface area (Å²) in [7, 11) is 0. The van der Waals surface area contributed by atoms with E-state index in [1.54, 1.807) is 6.07 Å². The number of hydrogen-bond acceptors (Lipinski definition) is 3. The number of nitro groups is 1. The van der Waals surface area contributed by atoms with Crippen molar-refractivity contribution in [3.63, 3.8) is 0 Å². The van der Waals surface area contributed by atoms with Crippen LogP contribution in [0.5, 0.6) is 0 Å². The van der Waals surface area contributed by atoms with Gasteiger partial charge in [-0.05, 0) is 17.7 Å². The fraction of sp³-hybridized carbons (Fsp3) is 0. The fourth-order valence-electron chi connectivity index (χ4n) is 2.27. The molecule has 0 saturated heterocycles. The molecular formula is C15H10N2O4. The first-order valence-corrected chi connectivity index (χ1v) is 6.16. The third-order valence-electron chi connectivity index (χ3n) is 3.24. The summed E-state index contributed by atoms with van der Waals surface area (Å²) in [5, 5.41) is 20.7. The van der Waals surface area contributed by atoms with Crippen LogP contribution in [-0.2, 0) is 0 Å². The van der Waals surface area contributed by atoms with E-state index < -0.39 is 10.9 Å². The van der Waals surface area contributed by atoms with Gasteiger partial charge in [0.15, 0.2) is 0 Å². The largest absolute Gasteiger partial charge is 0.478 e. The molecule has 0 aliphatic carbocycles. The molecule has 0 aliphatic heterocycles. The molecule has 2 aromatic carbocycles. The number of aromatic nitrogens is 1. The molecule has 21 heavy (non-hydrogen) atoms. The second-order valence-electron chi connectivity index (χ2n) is 4.57. The van der Waals surface area contributed by atoms with Crippen molar-refractivity contribution in [2.24, 2.45) is 0 Å². The summed E-state index contributed by atoms with van der Waals surface area (Å²) >= 11 is 0. The Morgan fingerprint density at radius 3 is 2.48 bits per heavy atom. The van der Waals surface area contributed by atoms with Crippen LogP contribution >= 0.6 is 0 Å². The van der Waals surface area contributed by atoms with Gasteiger partial charge in [-0.3, -0.25) is 10.1 Å². The van der Waals surface area contributed by atoms with Gasteiger partial charge in [-0.15, -0.1) is 0 Å². The van der Waals surface area contributed by atoms with Gasteiger partial charge in [0.1, 0.15) is 5.52 Å². The van der Waals surface area contributed by atoms with Crippen molar-refractivity contribution >= 4 is 22.6 Å². The number of nitro benzene ring substituents is 1. The van der Waals surface area contributed by atoms with Gasteiger partial charge in [-0.1, -0.05) is 30.3 Å². The normalized spacial score (nSPS) is 10.7. The minimum Gasteiger partial charge on any atom is -0.478 e. The Labute approximate surface area is 118 Å². The standard InChI is InChI=1S/C15H10N2O4/c18-15(19)11-6-10-7-12(9-4-2-1-3-5-9)16-14(10)13(8-11)17(20)21/h1-8,16H,(H,18,19). The number of H-pyrrole nitrogens is 1. The average molecular weight is 282 g/mol. The molecule has 0 bridgehead atoms. The van der Waals surface area contributed by atoms with Crippen LogP contribution in [0.2, 0.25) is 0 Å². The van der Waals surface area contributed by atoms with E-state index in [9.17, 15) is 14.9 Å². The van der Waals surface area contributed by atoms with Crippen LogP contribution < -0.4 is 0 Å². The zero-order valence-electron chi connectivity index (χ0n) is 10.7. The van der Waals surface area contributed by atoms with Crippen LogP contribution in [0.4, 0.5) is 5.69 Å². The molecule has 1 aromatic heterocycles. The van der Waals surface area contributed by atoms with Gasteiger partial charge in [0.2, 0.25) is 0 Å². The zero-order valence-corrected chi connectivity index (χ0v) is 10.7. The molecule has 3 aromatic rings. The Morgan fingerprint density at radius 1 is 1.14 bits per heavy atom. The lowest BCUT2D eigenvalue weighted by Crippen LogP contribution is -1.98. The highest BCUT2D eigenvalue weighted by Crippen LogP contribution is 2.31. The van der Waals surface area contributed by atoms with E-state index in [1.807, 2.05) is 30.3 Å². The molecule has 0 fully saturated rings. The highest BCUT2D eigenvalue weighted by Gasteiger charge is 2.19. The fourth-order valence-corrected chi connectivity index (χ4v) is 2.27. The number of carbonyl (C=O) groups is 1. The summed E-state index contributed by atoms with van der Waals surface area (Å²) in [6.07, 6.45) is 0. The summed E-state index contributed by atoms with van der Waals surface area (Å²) in [5.74, 6) is -1.19. The smallest absolute Gasteiger partial charge is 0.335 e. The van der Waals surface area contributed by atoms with Crippen LogP contribution in [-0.4, -0.2) is 21.0 Å². The van der Waals surface area contributed by atoms with Gasteiger partial charge < -0.3 is 10.1 Å². The Hall–Kier alpha value is -3.15. The predicted octanol–water partition coefficient (Wildman–Crippen LogP) is 3.44. The summed E-state index contributed by atoms with van der Waals surface area (Å²) in [6.45, 7) is 0. The predicted molar refractivity (Wildman–Crippen MR) is 77.3 cm³/mol. The number of non-ortho nitro benzene ring substituents is 1. The molecule has 0 saturated carbocycles.